The number of benzene rings is 2. The number of thiophene rings is 1. The van der Waals surface area contributed by atoms with Crippen LogP contribution in [0, 0.1) is 0 Å². The van der Waals surface area contributed by atoms with Crippen LogP contribution in [-0.2, 0) is 0 Å². The van der Waals surface area contributed by atoms with Gasteiger partial charge in [-0.1, -0.05) is 24.3 Å². The summed E-state index contributed by atoms with van der Waals surface area (Å²) in [6, 6.07) is 15.4. The highest BCUT2D eigenvalue weighted by molar-refractivity contribution is 7.07. The van der Waals surface area contributed by atoms with Crippen LogP contribution in [0.25, 0.3) is 0 Å². The molecule has 0 aliphatic carbocycles. The summed E-state index contributed by atoms with van der Waals surface area (Å²) in [6.45, 7) is 2.56. The number of ether oxygens (including phenoxy) is 2. The predicted octanol–water partition coefficient (Wildman–Crippen LogP) is 5.09. The zero-order valence-corrected chi connectivity index (χ0v) is 16.2. The molecule has 2 aliphatic heterocycles. The first kappa shape index (κ1) is 17.1. The van der Waals surface area contributed by atoms with Gasteiger partial charge < -0.3 is 14.6 Å². The Morgan fingerprint density at radius 3 is 2.93 bits per heavy atom. The number of hydrazone groups is 1. The Hall–Kier alpha value is -2.99. The monoisotopic (exact) mass is 392 g/mol. The van der Waals surface area contributed by atoms with Crippen LogP contribution >= 0.6 is 11.3 Å². The van der Waals surface area contributed by atoms with Gasteiger partial charge in [-0.3, -0.25) is 0 Å². The Morgan fingerprint density at radius 2 is 2.14 bits per heavy atom. The lowest BCUT2D eigenvalue weighted by molar-refractivity contribution is -0.0209. The maximum atomic E-state index is 9.88. The molecular weight excluding hydrogens is 372 g/mol. The minimum Gasteiger partial charge on any atom is -0.508 e. The molecule has 0 amide bonds. The number of nitrogens with zero attached hydrogens (tertiary/aromatic N) is 2. The molecule has 5 rings (SSSR count). The van der Waals surface area contributed by atoms with E-state index < -0.39 is 0 Å². The van der Waals surface area contributed by atoms with Crippen LogP contribution in [0.5, 0.6) is 17.2 Å². The topological polar surface area (TPSA) is 54.3 Å². The van der Waals surface area contributed by atoms with E-state index in [4.69, 9.17) is 14.6 Å². The standard InChI is InChI=1S/C22H20N2O3S/c1-2-26-20-8-4-7-17-19-12-18(14-5-3-6-16(25)11-14)23-24(19)22(27-21(17)20)15-9-10-28-13-15/h3-11,13,19,22,25H,2,12H2,1H3/t19-,22-/m0/s1. The molecule has 5 nitrogen and oxygen atoms in total. The van der Waals surface area contributed by atoms with Crippen LogP contribution in [0.4, 0.5) is 0 Å². The van der Waals surface area contributed by atoms with Gasteiger partial charge in [-0.15, -0.1) is 0 Å². The maximum Gasteiger partial charge on any atom is 0.214 e. The molecule has 0 saturated carbocycles. The molecule has 3 heterocycles. The van der Waals surface area contributed by atoms with E-state index in [2.05, 4.69) is 17.5 Å². The second-order valence-corrected chi connectivity index (χ2v) is 7.61. The minimum atomic E-state index is -0.305. The fraction of sp³-hybridized carbons (Fsp3) is 0.227. The zero-order valence-electron chi connectivity index (χ0n) is 15.4. The molecule has 3 aromatic rings. The van der Waals surface area contributed by atoms with Crippen molar-refractivity contribution < 1.29 is 14.6 Å². The first-order chi connectivity index (χ1) is 13.7. The van der Waals surface area contributed by atoms with Crippen molar-refractivity contribution in [1.82, 2.24) is 5.01 Å². The van der Waals surface area contributed by atoms with Gasteiger partial charge in [0.25, 0.3) is 0 Å². The summed E-state index contributed by atoms with van der Waals surface area (Å²) in [4.78, 5) is 0. The third-order valence-corrected chi connectivity index (χ3v) is 5.79. The summed E-state index contributed by atoms with van der Waals surface area (Å²) in [5, 5.41) is 21.0. The Labute approximate surface area is 167 Å². The Bertz CT molecular complexity index is 1030. The summed E-state index contributed by atoms with van der Waals surface area (Å²) in [6.07, 6.45) is 0.441. The van der Waals surface area contributed by atoms with E-state index in [9.17, 15) is 5.11 Å². The van der Waals surface area contributed by atoms with Crippen molar-refractivity contribution in [2.24, 2.45) is 5.10 Å². The highest BCUT2D eigenvalue weighted by Gasteiger charge is 2.42. The SMILES string of the molecule is CCOc1cccc2c1O[C@@H](c1ccsc1)N1N=C(c3cccc(O)c3)C[C@@H]21. The minimum absolute atomic E-state index is 0.0615. The quantitative estimate of drug-likeness (QED) is 0.672. The lowest BCUT2D eigenvalue weighted by Crippen LogP contribution is -2.33. The number of hydrogen-bond acceptors (Lipinski definition) is 6. The van der Waals surface area contributed by atoms with Crippen LogP contribution < -0.4 is 9.47 Å². The van der Waals surface area contributed by atoms with Gasteiger partial charge in [0, 0.05) is 23.1 Å². The Kier molecular flexibility index (Phi) is 4.20. The zero-order chi connectivity index (χ0) is 19.1. The van der Waals surface area contributed by atoms with Crippen LogP contribution in [0.3, 0.4) is 0 Å². The Balaban J connectivity index is 1.61. The fourth-order valence-electron chi connectivity index (χ4n) is 3.85. The smallest absolute Gasteiger partial charge is 0.214 e. The summed E-state index contributed by atoms with van der Waals surface area (Å²) >= 11 is 1.64. The molecule has 142 valence electrons. The summed E-state index contributed by atoms with van der Waals surface area (Å²) < 4.78 is 12.3. The number of rotatable bonds is 4. The predicted molar refractivity (Wildman–Crippen MR) is 109 cm³/mol. The van der Waals surface area contributed by atoms with E-state index in [1.165, 1.54) is 0 Å². The van der Waals surface area contributed by atoms with E-state index in [1.54, 1.807) is 23.5 Å². The molecule has 2 atom stereocenters. The normalized spacial score (nSPS) is 20.2. The third-order valence-electron chi connectivity index (χ3n) is 5.09. The van der Waals surface area contributed by atoms with Crippen molar-refractivity contribution in [1.29, 1.82) is 0 Å². The van der Waals surface area contributed by atoms with Gasteiger partial charge >= 0.3 is 0 Å². The molecule has 0 radical (unpaired) electrons. The first-order valence-corrected chi connectivity index (χ1v) is 10.3. The summed E-state index contributed by atoms with van der Waals surface area (Å²) in [5.41, 5.74) is 4.03. The number of para-hydroxylation sites is 1. The highest BCUT2D eigenvalue weighted by atomic mass is 32.1. The average Bonchev–Trinajstić information content (AvgIpc) is 3.38. The fourth-order valence-corrected chi connectivity index (χ4v) is 4.51. The molecule has 0 saturated heterocycles. The van der Waals surface area contributed by atoms with Crippen molar-refractivity contribution >= 4 is 17.0 Å². The van der Waals surface area contributed by atoms with Gasteiger partial charge in [0.15, 0.2) is 11.5 Å². The molecule has 28 heavy (non-hydrogen) atoms. The van der Waals surface area contributed by atoms with Crippen molar-refractivity contribution in [2.45, 2.75) is 25.6 Å². The first-order valence-electron chi connectivity index (χ1n) is 9.34. The van der Waals surface area contributed by atoms with Crippen molar-refractivity contribution in [3.05, 3.63) is 76.0 Å². The number of aromatic hydroxyl groups is 1. The molecule has 0 spiro atoms. The van der Waals surface area contributed by atoms with Crippen molar-refractivity contribution in [3.8, 4) is 17.2 Å². The number of phenols is 1. The molecule has 2 aromatic carbocycles. The van der Waals surface area contributed by atoms with Gasteiger partial charge in [0.1, 0.15) is 5.75 Å². The summed E-state index contributed by atoms with van der Waals surface area (Å²) in [7, 11) is 0. The van der Waals surface area contributed by atoms with E-state index in [1.807, 2.05) is 41.6 Å². The molecular formula is C22H20N2O3S. The van der Waals surface area contributed by atoms with Crippen LogP contribution in [-0.4, -0.2) is 22.4 Å². The van der Waals surface area contributed by atoms with Crippen LogP contribution in [0.1, 0.15) is 42.3 Å². The highest BCUT2D eigenvalue weighted by Crippen LogP contribution is 2.50. The molecule has 0 fully saturated rings. The molecule has 2 aliphatic rings. The molecule has 0 bridgehead atoms. The van der Waals surface area contributed by atoms with E-state index in [-0.39, 0.29) is 18.0 Å². The average molecular weight is 392 g/mol. The van der Waals surface area contributed by atoms with Gasteiger partial charge in [-0.2, -0.15) is 16.4 Å². The van der Waals surface area contributed by atoms with Gasteiger partial charge in [-0.05, 0) is 41.9 Å². The van der Waals surface area contributed by atoms with Crippen LogP contribution in [0.2, 0.25) is 0 Å². The second-order valence-electron chi connectivity index (χ2n) is 6.83. The lowest BCUT2D eigenvalue weighted by Gasteiger charge is -2.38. The molecule has 6 heteroatoms. The van der Waals surface area contributed by atoms with E-state index in [0.29, 0.717) is 6.61 Å². The van der Waals surface area contributed by atoms with Gasteiger partial charge in [0.05, 0.1) is 18.4 Å². The van der Waals surface area contributed by atoms with Crippen molar-refractivity contribution in [2.75, 3.05) is 6.61 Å². The lowest BCUT2D eigenvalue weighted by atomic mass is 9.95. The van der Waals surface area contributed by atoms with Crippen molar-refractivity contribution in [3.63, 3.8) is 0 Å². The Morgan fingerprint density at radius 1 is 1.25 bits per heavy atom. The van der Waals surface area contributed by atoms with Gasteiger partial charge in [0.2, 0.25) is 6.23 Å². The summed E-state index contributed by atoms with van der Waals surface area (Å²) in [5.74, 6) is 1.81. The number of fused-ring (bicyclic) bond motifs is 3. The van der Waals surface area contributed by atoms with Crippen LogP contribution in [0.15, 0.2) is 64.4 Å². The second kappa shape index (κ2) is 6.87. The van der Waals surface area contributed by atoms with E-state index >= 15 is 0 Å². The molecule has 1 N–H and O–H groups in total. The van der Waals surface area contributed by atoms with Gasteiger partial charge in [-0.25, -0.2) is 5.01 Å². The molecule has 0 unspecified atom stereocenters. The largest absolute Gasteiger partial charge is 0.508 e. The maximum absolute atomic E-state index is 9.88. The number of phenolic OH excluding ortho intramolecular Hbond substituents is 1. The van der Waals surface area contributed by atoms with E-state index in [0.717, 1.165) is 40.3 Å². The third kappa shape index (κ3) is 2.81. The number of hydrogen-bond donors (Lipinski definition) is 1. The molecule has 1 aromatic heterocycles.